The lowest BCUT2D eigenvalue weighted by Gasteiger charge is -2.33. The number of hydrogen-bond acceptors (Lipinski definition) is 5. The first kappa shape index (κ1) is 17.7. The normalized spacial score (nSPS) is 22.8. The summed E-state index contributed by atoms with van der Waals surface area (Å²) in [5.74, 6) is -2.70. The lowest BCUT2D eigenvalue weighted by Crippen LogP contribution is -2.52. The van der Waals surface area contributed by atoms with Crippen LogP contribution in [0.4, 0.5) is 25.1 Å². The molecule has 27 heavy (non-hydrogen) atoms. The monoisotopic (exact) mass is 378 g/mol. The first-order valence-electron chi connectivity index (χ1n) is 8.78. The number of carbonyl (C=O) groups excluding carboxylic acids is 2. The van der Waals surface area contributed by atoms with Gasteiger partial charge in [0, 0.05) is 31.1 Å². The molecule has 3 heterocycles. The van der Waals surface area contributed by atoms with Gasteiger partial charge in [0.25, 0.3) is 5.92 Å². The number of urea groups is 1. The number of piperidine rings is 1. The summed E-state index contributed by atoms with van der Waals surface area (Å²) in [7, 11) is 1.72. The van der Waals surface area contributed by atoms with Crippen LogP contribution < -0.4 is 20.9 Å². The third-order valence-electron chi connectivity index (χ3n) is 4.96. The van der Waals surface area contributed by atoms with Gasteiger partial charge in [0.2, 0.25) is 5.91 Å². The molecule has 1 atom stereocenters. The number of hydrogen-bond donors (Lipinski definition) is 3. The Morgan fingerprint density at radius 3 is 2.89 bits per heavy atom. The van der Waals surface area contributed by atoms with Crippen LogP contribution in [-0.2, 0) is 11.8 Å². The summed E-state index contributed by atoms with van der Waals surface area (Å²) in [4.78, 5) is 24.9. The third kappa shape index (κ3) is 3.20. The highest BCUT2D eigenvalue weighted by Gasteiger charge is 2.41. The van der Waals surface area contributed by atoms with E-state index < -0.39 is 18.0 Å². The molecule has 2 saturated heterocycles. The van der Waals surface area contributed by atoms with Gasteiger partial charge in [0.15, 0.2) is 5.82 Å². The summed E-state index contributed by atoms with van der Waals surface area (Å²) in [6.07, 6.45) is 0.526. The number of rotatable bonds is 3. The minimum Gasteiger partial charge on any atom is -0.376 e. The predicted octanol–water partition coefficient (Wildman–Crippen LogP) is 1.43. The number of carbonyl (C=O) groups is 2. The second-order valence-electron chi connectivity index (χ2n) is 6.86. The van der Waals surface area contributed by atoms with Gasteiger partial charge >= 0.3 is 6.03 Å². The van der Waals surface area contributed by atoms with Gasteiger partial charge in [-0.1, -0.05) is 0 Å². The van der Waals surface area contributed by atoms with Crippen LogP contribution in [0.25, 0.3) is 10.9 Å². The Labute approximate surface area is 153 Å². The number of alkyl halides is 2. The van der Waals surface area contributed by atoms with Gasteiger partial charge in [0.05, 0.1) is 18.1 Å². The van der Waals surface area contributed by atoms with E-state index in [-0.39, 0.29) is 25.4 Å². The summed E-state index contributed by atoms with van der Waals surface area (Å²) in [5, 5.41) is 13.0. The fourth-order valence-electron chi connectivity index (χ4n) is 3.51. The minimum atomic E-state index is -2.83. The molecule has 2 aliphatic rings. The van der Waals surface area contributed by atoms with Crippen molar-refractivity contribution in [3.63, 3.8) is 0 Å². The Balaban J connectivity index is 1.63. The van der Waals surface area contributed by atoms with E-state index in [0.29, 0.717) is 35.4 Å². The Morgan fingerprint density at radius 2 is 2.15 bits per heavy atom. The van der Waals surface area contributed by atoms with Crippen molar-refractivity contribution in [3.8, 4) is 0 Å². The molecule has 3 amide bonds. The number of anilines is 2. The van der Waals surface area contributed by atoms with Crippen LogP contribution in [-0.4, -0.2) is 53.3 Å². The smallest absolute Gasteiger partial charge is 0.329 e. The molecule has 0 aliphatic carbocycles. The molecular weight excluding hydrogens is 358 g/mol. The van der Waals surface area contributed by atoms with E-state index in [1.54, 1.807) is 29.9 Å². The molecule has 2 aromatic rings. The van der Waals surface area contributed by atoms with Crippen LogP contribution in [0.5, 0.6) is 0 Å². The van der Waals surface area contributed by atoms with Crippen molar-refractivity contribution in [3.05, 3.63) is 18.2 Å². The molecule has 3 N–H and O–H groups in total. The van der Waals surface area contributed by atoms with Crippen molar-refractivity contribution < 1.29 is 18.4 Å². The molecule has 144 valence electrons. The highest BCUT2D eigenvalue weighted by atomic mass is 19.3. The number of amides is 3. The van der Waals surface area contributed by atoms with Gasteiger partial charge in [-0.15, -0.1) is 0 Å². The Kier molecular flexibility index (Phi) is 4.22. The summed E-state index contributed by atoms with van der Waals surface area (Å²) >= 11 is 0. The first-order chi connectivity index (χ1) is 12.8. The fourth-order valence-corrected chi connectivity index (χ4v) is 3.51. The standard InChI is InChI=1S/C17H20F2N6O2/c1-24-12-8-10(21-13-4-6-20-9-17(13,18)19)2-3-11(12)15(23-24)25-7-5-14(26)22-16(25)27/h2-3,8,13,20-21H,4-7,9H2,1H3,(H,22,26,27). The lowest BCUT2D eigenvalue weighted by molar-refractivity contribution is -0.120. The van der Waals surface area contributed by atoms with Gasteiger partial charge in [-0.25, -0.2) is 13.6 Å². The van der Waals surface area contributed by atoms with Gasteiger partial charge in [-0.2, -0.15) is 5.10 Å². The number of fused-ring (bicyclic) bond motifs is 1. The quantitative estimate of drug-likeness (QED) is 0.752. The Morgan fingerprint density at radius 1 is 1.33 bits per heavy atom. The van der Waals surface area contributed by atoms with Gasteiger partial charge in [0.1, 0.15) is 0 Å². The number of aromatic nitrogens is 2. The van der Waals surface area contributed by atoms with E-state index in [4.69, 9.17) is 0 Å². The van der Waals surface area contributed by atoms with Crippen molar-refractivity contribution in [2.24, 2.45) is 7.05 Å². The van der Waals surface area contributed by atoms with Gasteiger partial charge < -0.3 is 10.6 Å². The van der Waals surface area contributed by atoms with Crippen LogP contribution >= 0.6 is 0 Å². The zero-order valence-corrected chi connectivity index (χ0v) is 14.8. The molecule has 0 spiro atoms. The molecule has 2 fully saturated rings. The first-order valence-corrected chi connectivity index (χ1v) is 8.78. The zero-order valence-electron chi connectivity index (χ0n) is 14.8. The molecule has 2 aliphatic heterocycles. The van der Waals surface area contributed by atoms with Crippen molar-refractivity contribution in [2.45, 2.75) is 24.8 Å². The molecule has 0 bridgehead atoms. The highest BCUT2D eigenvalue weighted by molar-refractivity contribution is 6.09. The maximum absolute atomic E-state index is 14.0. The van der Waals surface area contributed by atoms with Crippen molar-refractivity contribution in [2.75, 3.05) is 29.9 Å². The maximum atomic E-state index is 14.0. The molecule has 10 heteroatoms. The van der Waals surface area contributed by atoms with Crippen molar-refractivity contribution in [1.82, 2.24) is 20.4 Å². The van der Waals surface area contributed by atoms with E-state index in [1.165, 1.54) is 4.90 Å². The van der Waals surface area contributed by atoms with Gasteiger partial charge in [-0.05, 0) is 31.2 Å². The third-order valence-corrected chi connectivity index (χ3v) is 4.96. The van der Waals surface area contributed by atoms with Gasteiger partial charge in [-0.3, -0.25) is 19.7 Å². The number of halogens is 2. The topological polar surface area (TPSA) is 91.3 Å². The maximum Gasteiger partial charge on any atom is 0.329 e. The molecule has 1 aromatic heterocycles. The molecule has 0 radical (unpaired) electrons. The predicted molar refractivity (Wildman–Crippen MR) is 96.1 cm³/mol. The molecule has 8 nitrogen and oxygen atoms in total. The average molecular weight is 378 g/mol. The van der Waals surface area contributed by atoms with Crippen LogP contribution in [0.2, 0.25) is 0 Å². The van der Waals surface area contributed by atoms with E-state index in [0.717, 1.165) is 0 Å². The van der Waals surface area contributed by atoms with Crippen LogP contribution in [0.3, 0.4) is 0 Å². The van der Waals surface area contributed by atoms with E-state index in [9.17, 15) is 18.4 Å². The summed E-state index contributed by atoms with van der Waals surface area (Å²) in [6.45, 7) is 0.442. The molecular formula is C17H20F2N6O2. The largest absolute Gasteiger partial charge is 0.376 e. The van der Waals surface area contributed by atoms with Crippen LogP contribution in [0.15, 0.2) is 18.2 Å². The molecule has 0 saturated carbocycles. The van der Waals surface area contributed by atoms with Crippen LogP contribution in [0, 0.1) is 0 Å². The van der Waals surface area contributed by atoms with Crippen molar-refractivity contribution >= 4 is 34.3 Å². The van der Waals surface area contributed by atoms with E-state index in [1.807, 2.05) is 0 Å². The second-order valence-corrected chi connectivity index (χ2v) is 6.86. The fraction of sp³-hybridized carbons (Fsp3) is 0.471. The molecule has 1 unspecified atom stereocenters. The number of nitrogens with one attached hydrogen (secondary N) is 3. The molecule has 1 aromatic carbocycles. The summed E-state index contributed by atoms with van der Waals surface area (Å²) < 4.78 is 29.7. The highest BCUT2D eigenvalue weighted by Crippen LogP contribution is 2.31. The minimum absolute atomic E-state index is 0.203. The van der Waals surface area contributed by atoms with E-state index in [2.05, 4.69) is 21.0 Å². The number of benzene rings is 1. The SMILES string of the molecule is Cn1nc(N2CCC(=O)NC2=O)c2ccc(NC3CCNCC3(F)F)cc21. The molecule has 4 rings (SSSR count). The Bertz CT molecular complexity index is 912. The van der Waals surface area contributed by atoms with E-state index >= 15 is 0 Å². The number of aryl methyl sites for hydroxylation is 1. The Hall–Kier alpha value is -2.75. The summed E-state index contributed by atoms with van der Waals surface area (Å²) in [5.41, 5.74) is 1.28. The number of imide groups is 1. The van der Waals surface area contributed by atoms with Crippen LogP contribution in [0.1, 0.15) is 12.8 Å². The zero-order chi connectivity index (χ0) is 19.2. The number of nitrogens with zero attached hydrogens (tertiary/aromatic N) is 3. The average Bonchev–Trinajstić information content (AvgIpc) is 2.93. The lowest BCUT2D eigenvalue weighted by atomic mass is 10.0. The second kappa shape index (κ2) is 6.45. The van der Waals surface area contributed by atoms with Crippen molar-refractivity contribution in [1.29, 1.82) is 0 Å². The summed E-state index contributed by atoms with van der Waals surface area (Å²) in [6, 6.07) is 3.75.